The third kappa shape index (κ3) is 2.07. The maximum atomic E-state index is 6.08. The number of rotatable bonds is 1. The van der Waals surface area contributed by atoms with Crippen LogP contribution in [-0.2, 0) is 9.31 Å². The Hall–Kier alpha value is -1.32. The number of hydrogen-bond donors (Lipinski definition) is 0. The molecule has 0 unspecified atom stereocenters. The van der Waals surface area contributed by atoms with Crippen LogP contribution in [0.15, 0.2) is 42.5 Å². The van der Waals surface area contributed by atoms with Crippen LogP contribution in [0, 0.1) is 0 Å². The zero-order valence-electron chi connectivity index (χ0n) is 11.9. The Balaban J connectivity index is 1.97. The van der Waals surface area contributed by atoms with Gasteiger partial charge in [-0.25, -0.2) is 0 Å². The van der Waals surface area contributed by atoms with Gasteiger partial charge < -0.3 is 9.31 Å². The molecule has 3 rings (SSSR count). The van der Waals surface area contributed by atoms with Crippen molar-refractivity contribution in [2.24, 2.45) is 0 Å². The summed E-state index contributed by atoms with van der Waals surface area (Å²) >= 11 is 0. The lowest BCUT2D eigenvalue weighted by Crippen LogP contribution is -2.41. The first-order chi connectivity index (χ1) is 8.89. The molecule has 98 valence electrons. The minimum atomic E-state index is -0.286. The van der Waals surface area contributed by atoms with Crippen LogP contribution in [0.2, 0.25) is 0 Å². The molecular formula is C16H19BO2. The molecule has 0 radical (unpaired) electrons. The van der Waals surface area contributed by atoms with E-state index in [1.165, 1.54) is 11.1 Å². The Labute approximate surface area is 115 Å². The Bertz CT molecular complexity index is 530. The second kappa shape index (κ2) is 4.09. The summed E-state index contributed by atoms with van der Waals surface area (Å²) in [7, 11) is -0.275. The van der Waals surface area contributed by atoms with Crippen molar-refractivity contribution < 1.29 is 9.31 Å². The van der Waals surface area contributed by atoms with Gasteiger partial charge in [0.05, 0.1) is 11.2 Å². The van der Waals surface area contributed by atoms with E-state index in [4.69, 9.17) is 9.31 Å². The van der Waals surface area contributed by atoms with E-state index in [9.17, 15) is 0 Å². The Morgan fingerprint density at radius 1 is 0.789 bits per heavy atom. The van der Waals surface area contributed by atoms with Crippen LogP contribution in [0.3, 0.4) is 0 Å². The fraction of sp³-hybridized carbons (Fsp3) is 0.375. The van der Waals surface area contributed by atoms with Gasteiger partial charge in [-0.2, -0.15) is 0 Å². The molecule has 0 bridgehead atoms. The van der Waals surface area contributed by atoms with Gasteiger partial charge >= 0.3 is 7.12 Å². The molecule has 0 atom stereocenters. The molecule has 3 heteroatoms. The number of fused-ring (bicyclic) bond motifs is 1. The van der Waals surface area contributed by atoms with Crippen molar-refractivity contribution in [2.75, 3.05) is 0 Å². The van der Waals surface area contributed by atoms with Crippen LogP contribution in [0.4, 0.5) is 0 Å². The molecule has 0 N–H and O–H groups in total. The fourth-order valence-corrected chi connectivity index (χ4v) is 2.35. The summed E-state index contributed by atoms with van der Waals surface area (Å²) < 4.78 is 12.2. The predicted molar refractivity (Wildman–Crippen MR) is 78.8 cm³/mol. The molecule has 0 saturated carbocycles. The summed E-state index contributed by atoms with van der Waals surface area (Å²) in [5.74, 6) is 0. The lowest BCUT2D eigenvalue weighted by Gasteiger charge is -2.32. The van der Waals surface area contributed by atoms with Crippen molar-refractivity contribution in [3.05, 3.63) is 42.5 Å². The van der Waals surface area contributed by atoms with Crippen LogP contribution < -0.4 is 5.46 Å². The van der Waals surface area contributed by atoms with Crippen molar-refractivity contribution in [3.63, 3.8) is 0 Å². The molecule has 2 nitrogen and oxygen atoms in total. The van der Waals surface area contributed by atoms with Crippen LogP contribution in [0.25, 0.3) is 11.1 Å². The lowest BCUT2D eigenvalue weighted by atomic mass is 9.81. The second-order valence-electron chi connectivity index (χ2n) is 6.20. The Morgan fingerprint density at radius 3 is 1.74 bits per heavy atom. The van der Waals surface area contributed by atoms with Crippen LogP contribution in [-0.4, -0.2) is 18.3 Å². The van der Waals surface area contributed by atoms with Crippen molar-refractivity contribution >= 4 is 12.6 Å². The standard InChI is InChI=1S/C16H19BO2/c1-15(2)16(3,4)19-17(18-15)14-10-12-8-6-5-7-9-13(12)11-14/h5-11H,1-4H3. The van der Waals surface area contributed by atoms with E-state index in [2.05, 4.69) is 64.1 Å². The maximum Gasteiger partial charge on any atom is 0.494 e. The summed E-state index contributed by atoms with van der Waals surface area (Å²) in [5, 5.41) is 0. The molecule has 1 saturated heterocycles. The van der Waals surface area contributed by atoms with Gasteiger partial charge in [0.2, 0.25) is 0 Å². The molecule has 1 aliphatic heterocycles. The molecule has 1 heterocycles. The van der Waals surface area contributed by atoms with Crippen LogP contribution >= 0.6 is 0 Å². The first-order valence-electron chi connectivity index (χ1n) is 6.73. The average molecular weight is 254 g/mol. The van der Waals surface area contributed by atoms with E-state index in [1.54, 1.807) is 0 Å². The highest BCUT2D eigenvalue weighted by Gasteiger charge is 2.51. The molecule has 0 spiro atoms. The summed E-state index contributed by atoms with van der Waals surface area (Å²) in [6.07, 6.45) is 0. The van der Waals surface area contributed by atoms with Crippen molar-refractivity contribution in [1.82, 2.24) is 0 Å². The highest BCUT2D eigenvalue weighted by Crippen LogP contribution is 2.37. The summed E-state index contributed by atoms with van der Waals surface area (Å²) in [4.78, 5) is 0. The van der Waals surface area contributed by atoms with E-state index in [0.717, 1.165) is 5.46 Å². The third-order valence-electron chi connectivity index (χ3n) is 4.28. The van der Waals surface area contributed by atoms with Gasteiger partial charge in [0, 0.05) is 0 Å². The molecule has 19 heavy (non-hydrogen) atoms. The van der Waals surface area contributed by atoms with Crippen LogP contribution in [0.5, 0.6) is 0 Å². The van der Waals surface area contributed by atoms with Gasteiger partial charge in [-0.05, 0) is 44.3 Å². The lowest BCUT2D eigenvalue weighted by molar-refractivity contribution is 0.00578. The third-order valence-corrected chi connectivity index (χ3v) is 4.28. The van der Waals surface area contributed by atoms with Gasteiger partial charge in [0.15, 0.2) is 0 Å². The zero-order chi connectivity index (χ0) is 13.7. The van der Waals surface area contributed by atoms with Crippen LogP contribution in [0.1, 0.15) is 27.7 Å². The van der Waals surface area contributed by atoms with E-state index in [-0.39, 0.29) is 18.3 Å². The SMILES string of the molecule is CC1(C)OB(c2cc3cccccc-3c2)OC1(C)C. The molecule has 0 aromatic heterocycles. The number of hydrogen-bond acceptors (Lipinski definition) is 2. The Morgan fingerprint density at radius 2 is 1.26 bits per heavy atom. The normalized spacial score (nSPS) is 20.9. The fourth-order valence-electron chi connectivity index (χ4n) is 2.35. The van der Waals surface area contributed by atoms with E-state index < -0.39 is 0 Å². The average Bonchev–Trinajstić information content (AvgIpc) is 2.70. The van der Waals surface area contributed by atoms with E-state index in [0.29, 0.717) is 0 Å². The van der Waals surface area contributed by atoms with Crippen molar-refractivity contribution in [1.29, 1.82) is 0 Å². The summed E-state index contributed by atoms with van der Waals surface area (Å²) in [6, 6.07) is 14.7. The predicted octanol–water partition coefficient (Wildman–Crippen LogP) is 3.09. The first-order valence-corrected chi connectivity index (χ1v) is 6.73. The minimum absolute atomic E-state index is 0.275. The summed E-state index contributed by atoms with van der Waals surface area (Å²) in [5.41, 5.74) is 2.96. The quantitative estimate of drug-likeness (QED) is 0.728. The van der Waals surface area contributed by atoms with Gasteiger partial charge in [-0.1, -0.05) is 42.5 Å². The second-order valence-corrected chi connectivity index (χ2v) is 6.20. The smallest absolute Gasteiger partial charge is 0.399 e. The zero-order valence-corrected chi connectivity index (χ0v) is 11.9. The topological polar surface area (TPSA) is 18.5 Å². The van der Waals surface area contributed by atoms with E-state index in [1.807, 2.05) is 6.07 Å². The summed E-state index contributed by atoms with van der Waals surface area (Å²) in [6.45, 7) is 8.32. The van der Waals surface area contributed by atoms with Gasteiger partial charge in [0.1, 0.15) is 0 Å². The Kier molecular flexibility index (Phi) is 2.73. The van der Waals surface area contributed by atoms with Gasteiger partial charge in [0.25, 0.3) is 0 Å². The highest BCUT2D eigenvalue weighted by molar-refractivity contribution is 6.62. The molecule has 0 aromatic rings. The molecule has 0 aromatic carbocycles. The molecule has 3 aliphatic rings. The maximum absolute atomic E-state index is 6.08. The van der Waals surface area contributed by atoms with Gasteiger partial charge in [-0.3, -0.25) is 0 Å². The molecule has 2 aliphatic carbocycles. The van der Waals surface area contributed by atoms with Gasteiger partial charge in [-0.15, -0.1) is 0 Å². The monoisotopic (exact) mass is 254 g/mol. The minimum Gasteiger partial charge on any atom is -0.399 e. The van der Waals surface area contributed by atoms with Crippen molar-refractivity contribution in [2.45, 2.75) is 38.9 Å². The molecule has 1 fully saturated rings. The van der Waals surface area contributed by atoms with E-state index >= 15 is 0 Å². The molecular weight excluding hydrogens is 235 g/mol. The molecule has 0 amide bonds. The largest absolute Gasteiger partial charge is 0.494 e. The first kappa shape index (κ1) is 12.7. The highest BCUT2D eigenvalue weighted by atomic mass is 16.7. The van der Waals surface area contributed by atoms with Crippen molar-refractivity contribution in [3.8, 4) is 11.1 Å².